The highest BCUT2D eigenvalue weighted by molar-refractivity contribution is 6.17. The average molecular weight is 295 g/mol. The summed E-state index contributed by atoms with van der Waals surface area (Å²) in [6, 6.07) is 13.1. The molecule has 4 nitrogen and oxygen atoms in total. The Morgan fingerprint density at radius 2 is 2.14 bits per heavy atom. The van der Waals surface area contributed by atoms with Crippen LogP contribution >= 0.6 is 0 Å². The number of nitrogens with zero attached hydrogens (tertiary/aromatic N) is 3. The van der Waals surface area contributed by atoms with E-state index < -0.39 is 0 Å². The molecule has 1 unspecified atom stereocenters. The minimum Gasteiger partial charge on any atom is -0.395 e. The summed E-state index contributed by atoms with van der Waals surface area (Å²) in [7, 11) is 2.20. The van der Waals surface area contributed by atoms with Gasteiger partial charge >= 0.3 is 0 Å². The standard InChI is InChI=1S/C18H21N3O/c1-20-11-4-6-14(20)10-13-22-19-18-15-7-2-3-8-16(15)21-12-5-9-17(18)21/h2-3,5,7-9,12,14H,4,6,10-11,13H2,1H3/b19-18-. The molecule has 0 aliphatic carbocycles. The SMILES string of the molecule is CN1CCCC1CCO/N=C1/c2ccccc2-n2cccc21. The van der Waals surface area contributed by atoms with E-state index in [0.29, 0.717) is 12.6 Å². The Kier molecular flexibility index (Phi) is 3.47. The second-order valence-electron chi connectivity index (χ2n) is 6.12. The van der Waals surface area contributed by atoms with E-state index in [1.54, 1.807) is 0 Å². The van der Waals surface area contributed by atoms with Gasteiger partial charge in [-0.15, -0.1) is 0 Å². The van der Waals surface area contributed by atoms with Crippen molar-refractivity contribution in [3.05, 3.63) is 53.9 Å². The molecule has 1 aromatic heterocycles. The number of oxime groups is 1. The summed E-state index contributed by atoms with van der Waals surface area (Å²) in [5.74, 6) is 0. The topological polar surface area (TPSA) is 29.8 Å². The van der Waals surface area contributed by atoms with Crippen molar-refractivity contribution >= 4 is 5.71 Å². The van der Waals surface area contributed by atoms with Crippen LogP contribution in [0.5, 0.6) is 0 Å². The third-order valence-corrected chi connectivity index (χ3v) is 4.78. The molecular weight excluding hydrogens is 274 g/mol. The fourth-order valence-corrected chi connectivity index (χ4v) is 3.54. The fourth-order valence-electron chi connectivity index (χ4n) is 3.54. The van der Waals surface area contributed by atoms with Crippen LogP contribution in [-0.4, -0.2) is 41.4 Å². The van der Waals surface area contributed by atoms with Gasteiger partial charge in [0, 0.05) is 17.8 Å². The summed E-state index contributed by atoms with van der Waals surface area (Å²) in [5.41, 5.74) is 4.39. The Balaban J connectivity index is 1.48. The first-order valence-electron chi connectivity index (χ1n) is 8.02. The maximum atomic E-state index is 5.66. The molecule has 1 atom stereocenters. The lowest BCUT2D eigenvalue weighted by molar-refractivity contribution is 0.121. The molecular formula is C18H21N3O. The van der Waals surface area contributed by atoms with Crippen LogP contribution in [0.25, 0.3) is 5.69 Å². The Hall–Kier alpha value is -2.07. The van der Waals surface area contributed by atoms with Crippen molar-refractivity contribution in [1.82, 2.24) is 9.47 Å². The second kappa shape index (κ2) is 5.61. The van der Waals surface area contributed by atoms with E-state index in [1.165, 1.54) is 25.1 Å². The molecule has 22 heavy (non-hydrogen) atoms. The van der Waals surface area contributed by atoms with E-state index >= 15 is 0 Å². The number of benzene rings is 1. The highest BCUT2D eigenvalue weighted by atomic mass is 16.6. The molecule has 1 aromatic carbocycles. The van der Waals surface area contributed by atoms with E-state index in [9.17, 15) is 0 Å². The van der Waals surface area contributed by atoms with Gasteiger partial charge in [-0.1, -0.05) is 23.4 Å². The first kappa shape index (κ1) is 13.6. The quantitative estimate of drug-likeness (QED) is 0.547. The van der Waals surface area contributed by atoms with Crippen molar-refractivity contribution in [3.63, 3.8) is 0 Å². The summed E-state index contributed by atoms with van der Waals surface area (Å²) < 4.78 is 2.17. The van der Waals surface area contributed by atoms with Crippen LogP contribution in [0, 0.1) is 0 Å². The van der Waals surface area contributed by atoms with Crippen molar-refractivity contribution in [2.45, 2.75) is 25.3 Å². The maximum absolute atomic E-state index is 5.66. The van der Waals surface area contributed by atoms with Gasteiger partial charge in [0.05, 0.1) is 11.4 Å². The zero-order chi connectivity index (χ0) is 14.9. The van der Waals surface area contributed by atoms with Gasteiger partial charge in [0.2, 0.25) is 0 Å². The van der Waals surface area contributed by atoms with E-state index in [1.807, 2.05) is 12.1 Å². The number of hydrogen-bond acceptors (Lipinski definition) is 3. The van der Waals surface area contributed by atoms with Gasteiger partial charge in [-0.25, -0.2) is 0 Å². The Labute approximate surface area is 131 Å². The molecule has 0 N–H and O–H groups in total. The Morgan fingerprint density at radius 3 is 3.00 bits per heavy atom. The molecule has 0 amide bonds. The minimum atomic E-state index is 0.653. The first-order chi connectivity index (χ1) is 10.8. The molecule has 2 aliphatic rings. The zero-order valence-electron chi connectivity index (χ0n) is 12.9. The summed E-state index contributed by atoms with van der Waals surface area (Å²) in [4.78, 5) is 8.08. The van der Waals surface area contributed by atoms with E-state index in [-0.39, 0.29) is 0 Å². The maximum Gasteiger partial charge on any atom is 0.136 e. The molecule has 3 heterocycles. The number of rotatable bonds is 4. The van der Waals surface area contributed by atoms with Crippen LogP contribution in [0.3, 0.4) is 0 Å². The molecule has 2 aromatic rings. The van der Waals surface area contributed by atoms with Crippen molar-refractivity contribution in [2.75, 3.05) is 20.2 Å². The number of para-hydroxylation sites is 1. The molecule has 1 saturated heterocycles. The molecule has 0 radical (unpaired) electrons. The second-order valence-corrected chi connectivity index (χ2v) is 6.12. The van der Waals surface area contributed by atoms with E-state index in [0.717, 1.165) is 23.4 Å². The summed E-state index contributed by atoms with van der Waals surface area (Å²) in [6.45, 7) is 1.89. The normalized spacial score (nSPS) is 22.0. The van der Waals surface area contributed by atoms with Crippen LogP contribution in [0.2, 0.25) is 0 Å². The summed E-state index contributed by atoms with van der Waals surface area (Å²) in [5, 5.41) is 4.44. The van der Waals surface area contributed by atoms with Crippen molar-refractivity contribution in [2.24, 2.45) is 5.16 Å². The molecule has 4 heteroatoms. The van der Waals surface area contributed by atoms with Crippen molar-refractivity contribution < 1.29 is 4.84 Å². The smallest absolute Gasteiger partial charge is 0.136 e. The number of likely N-dealkylation sites (tertiary alicyclic amines) is 1. The Bertz CT molecular complexity index is 704. The molecule has 114 valence electrons. The lowest BCUT2D eigenvalue weighted by atomic mass is 10.1. The van der Waals surface area contributed by atoms with E-state index in [2.05, 4.69) is 52.1 Å². The van der Waals surface area contributed by atoms with Crippen molar-refractivity contribution in [3.8, 4) is 5.69 Å². The van der Waals surface area contributed by atoms with Gasteiger partial charge in [-0.2, -0.15) is 0 Å². The van der Waals surface area contributed by atoms with Crippen LogP contribution in [-0.2, 0) is 4.84 Å². The molecule has 1 fully saturated rings. The molecule has 0 saturated carbocycles. The van der Waals surface area contributed by atoms with Crippen LogP contribution < -0.4 is 0 Å². The molecule has 2 aliphatic heterocycles. The predicted octanol–water partition coefficient (Wildman–Crippen LogP) is 3.04. The molecule has 0 bridgehead atoms. The third-order valence-electron chi connectivity index (χ3n) is 4.78. The van der Waals surface area contributed by atoms with E-state index in [4.69, 9.17) is 4.84 Å². The summed E-state index contributed by atoms with van der Waals surface area (Å²) in [6.07, 6.45) is 5.71. The first-order valence-corrected chi connectivity index (χ1v) is 8.02. The number of fused-ring (bicyclic) bond motifs is 3. The van der Waals surface area contributed by atoms with Crippen molar-refractivity contribution in [1.29, 1.82) is 0 Å². The van der Waals surface area contributed by atoms with Gasteiger partial charge in [-0.3, -0.25) is 0 Å². The lowest BCUT2D eigenvalue weighted by Crippen LogP contribution is -2.25. The third kappa shape index (κ3) is 2.24. The van der Waals surface area contributed by atoms with Crippen LogP contribution in [0.1, 0.15) is 30.5 Å². The average Bonchev–Trinajstić information content (AvgIpc) is 3.22. The highest BCUT2D eigenvalue weighted by Crippen LogP contribution is 2.28. The van der Waals surface area contributed by atoms with Crippen LogP contribution in [0.4, 0.5) is 0 Å². The largest absolute Gasteiger partial charge is 0.395 e. The lowest BCUT2D eigenvalue weighted by Gasteiger charge is -2.18. The monoisotopic (exact) mass is 295 g/mol. The number of aromatic nitrogens is 1. The predicted molar refractivity (Wildman–Crippen MR) is 87.6 cm³/mol. The fraction of sp³-hybridized carbons (Fsp3) is 0.389. The highest BCUT2D eigenvalue weighted by Gasteiger charge is 2.24. The van der Waals surface area contributed by atoms with Gasteiger partial charge in [-0.05, 0) is 51.1 Å². The molecule has 4 rings (SSSR count). The van der Waals surface area contributed by atoms with Gasteiger partial charge in [0.1, 0.15) is 12.3 Å². The van der Waals surface area contributed by atoms with Crippen LogP contribution in [0.15, 0.2) is 47.8 Å². The zero-order valence-corrected chi connectivity index (χ0v) is 12.9. The number of hydrogen-bond donors (Lipinski definition) is 0. The van der Waals surface area contributed by atoms with Gasteiger partial charge in [0.25, 0.3) is 0 Å². The molecule has 0 spiro atoms. The minimum absolute atomic E-state index is 0.653. The van der Waals surface area contributed by atoms with Gasteiger partial charge < -0.3 is 14.3 Å². The van der Waals surface area contributed by atoms with Gasteiger partial charge in [0.15, 0.2) is 0 Å². The summed E-state index contributed by atoms with van der Waals surface area (Å²) >= 11 is 0. The Morgan fingerprint density at radius 1 is 1.23 bits per heavy atom.